The summed E-state index contributed by atoms with van der Waals surface area (Å²) in [7, 11) is -3.51. The Morgan fingerprint density at radius 3 is 1.90 bits per heavy atom. The second-order valence-corrected chi connectivity index (χ2v) is 9.55. The van der Waals surface area contributed by atoms with Gasteiger partial charge in [0.15, 0.2) is 0 Å². The molecule has 1 fully saturated rings. The first-order valence-corrected chi connectivity index (χ1v) is 12.0. The first-order chi connectivity index (χ1) is 15.0. The number of sulfonamides is 1. The summed E-state index contributed by atoms with van der Waals surface area (Å²) in [4.78, 5) is 12.8. The van der Waals surface area contributed by atoms with Crippen molar-refractivity contribution < 1.29 is 13.2 Å². The van der Waals surface area contributed by atoms with Crippen molar-refractivity contribution in [2.24, 2.45) is 0 Å². The molecule has 1 amide bonds. The van der Waals surface area contributed by atoms with Crippen molar-refractivity contribution >= 4 is 15.9 Å². The van der Waals surface area contributed by atoms with Gasteiger partial charge in [0.05, 0.1) is 4.90 Å². The zero-order chi connectivity index (χ0) is 21.7. The molecule has 0 bridgehead atoms. The highest BCUT2D eigenvalue weighted by atomic mass is 32.2. The van der Waals surface area contributed by atoms with Crippen LogP contribution in [-0.4, -0.2) is 26.9 Å². The van der Waals surface area contributed by atoms with Crippen LogP contribution in [0.4, 0.5) is 0 Å². The molecule has 0 spiro atoms. The van der Waals surface area contributed by atoms with E-state index in [0.717, 1.165) is 19.3 Å². The average molecular weight is 435 g/mol. The van der Waals surface area contributed by atoms with Crippen LogP contribution in [0.15, 0.2) is 89.8 Å². The van der Waals surface area contributed by atoms with E-state index in [1.54, 1.807) is 12.1 Å². The van der Waals surface area contributed by atoms with Gasteiger partial charge in [-0.15, -0.1) is 0 Å². The van der Waals surface area contributed by atoms with E-state index in [-0.39, 0.29) is 22.8 Å². The van der Waals surface area contributed by atoms with Crippen LogP contribution < -0.4 is 10.0 Å². The Morgan fingerprint density at radius 2 is 1.39 bits per heavy atom. The van der Waals surface area contributed by atoms with Crippen molar-refractivity contribution in [3.63, 3.8) is 0 Å². The quantitative estimate of drug-likeness (QED) is 0.533. The summed E-state index contributed by atoms with van der Waals surface area (Å²) < 4.78 is 27.2. The highest BCUT2D eigenvalue weighted by molar-refractivity contribution is 7.89. The summed E-state index contributed by atoms with van der Waals surface area (Å²) in [5.74, 6) is -0.0253. The summed E-state index contributed by atoms with van der Waals surface area (Å²) >= 11 is 0. The minimum atomic E-state index is -3.51. The van der Waals surface area contributed by atoms with Crippen molar-refractivity contribution in [1.29, 1.82) is 0 Å². The zero-order valence-electron chi connectivity index (χ0n) is 17.2. The lowest BCUT2D eigenvalue weighted by atomic mass is 9.88. The fourth-order valence-corrected chi connectivity index (χ4v) is 4.91. The van der Waals surface area contributed by atoms with E-state index in [9.17, 15) is 13.2 Å². The Hall–Kier alpha value is -2.96. The van der Waals surface area contributed by atoms with Gasteiger partial charge in [0.2, 0.25) is 10.0 Å². The predicted octanol–water partition coefficient (Wildman–Crippen LogP) is 4.08. The maximum atomic E-state index is 12.6. The molecule has 0 unspecified atom stereocenters. The molecule has 0 atom stereocenters. The van der Waals surface area contributed by atoms with E-state index in [1.807, 2.05) is 36.4 Å². The van der Waals surface area contributed by atoms with E-state index in [0.29, 0.717) is 12.1 Å². The molecule has 31 heavy (non-hydrogen) atoms. The van der Waals surface area contributed by atoms with Crippen LogP contribution in [0, 0.1) is 0 Å². The molecule has 0 saturated heterocycles. The molecule has 3 aromatic rings. The largest absolute Gasteiger partial charge is 0.352 e. The maximum absolute atomic E-state index is 12.6. The standard InChI is InChI=1S/C25H26N2O3S/c28-25(21-11-15-23(16-12-21)31(29,30)27-22-13-14-22)26-18-17-24(19-7-3-1-4-8-19)20-9-5-2-6-10-20/h1-12,15-16,22,24,27H,13-14,17-18H2,(H,26,28). The van der Waals surface area contributed by atoms with Crippen molar-refractivity contribution in [2.75, 3.05) is 6.54 Å². The molecule has 3 aromatic carbocycles. The van der Waals surface area contributed by atoms with Gasteiger partial charge in [-0.05, 0) is 54.7 Å². The molecule has 6 heteroatoms. The molecule has 0 aromatic heterocycles. The normalized spacial score (nSPS) is 13.8. The van der Waals surface area contributed by atoms with Gasteiger partial charge in [-0.25, -0.2) is 13.1 Å². The van der Waals surface area contributed by atoms with Crippen LogP contribution >= 0.6 is 0 Å². The third kappa shape index (κ3) is 5.60. The summed E-state index contributed by atoms with van der Waals surface area (Å²) in [6.45, 7) is 0.510. The van der Waals surface area contributed by atoms with Gasteiger partial charge in [0.1, 0.15) is 0 Å². The van der Waals surface area contributed by atoms with Gasteiger partial charge in [-0.3, -0.25) is 4.79 Å². The summed E-state index contributed by atoms with van der Waals surface area (Å²) in [5, 5.41) is 2.97. The minimum Gasteiger partial charge on any atom is -0.352 e. The van der Waals surface area contributed by atoms with Crippen molar-refractivity contribution in [2.45, 2.75) is 36.1 Å². The van der Waals surface area contributed by atoms with Gasteiger partial charge in [-0.2, -0.15) is 0 Å². The van der Waals surface area contributed by atoms with Gasteiger partial charge in [0, 0.05) is 24.1 Å². The molecule has 2 N–H and O–H groups in total. The van der Waals surface area contributed by atoms with Gasteiger partial charge in [-0.1, -0.05) is 60.7 Å². The van der Waals surface area contributed by atoms with Gasteiger partial charge < -0.3 is 5.32 Å². The van der Waals surface area contributed by atoms with E-state index < -0.39 is 10.0 Å². The number of nitrogens with one attached hydrogen (secondary N) is 2. The first kappa shape index (κ1) is 21.3. The molecule has 0 radical (unpaired) electrons. The average Bonchev–Trinajstić information content (AvgIpc) is 3.61. The summed E-state index contributed by atoms with van der Waals surface area (Å²) in [6, 6.07) is 26.7. The Bertz CT molecular complexity index is 1070. The topological polar surface area (TPSA) is 75.3 Å². The summed E-state index contributed by atoms with van der Waals surface area (Å²) in [6.07, 6.45) is 2.52. The number of amides is 1. The molecule has 0 aliphatic heterocycles. The highest BCUT2D eigenvalue weighted by Crippen LogP contribution is 2.27. The lowest BCUT2D eigenvalue weighted by Gasteiger charge is -2.18. The minimum absolute atomic E-state index is 0.0511. The summed E-state index contributed by atoms with van der Waals surface area (Å²) in [5.41, 5.74) is 2.86. The number of carbonyl (C=O) groups excluding carboxylic acids is 1. The van der Waals surface area contributed by atoms with E-state index in [1.165, 1.54) is 23.3 Å². The van der Waals surface area contributed by atoms with E-state index >= 15 is 0 Å². The molecule has 5 nitrogen and oxygen atoms in total. The second kappa shape index (κ2) is 9.45. The lowest BCUT2D eigenvalue weighted by molar-refractivity contribution is 0.0952. The fraction of sp³-hybridized carbons (Fsp3) is 0.240. The highest BCUT2D eigenvalue weighted by Gasteiger charge is 2.28. The van der Waals surface area contributed by atoms with E-state index in [2.05, 4.69) is 34.3 Å². The third-order valence-corrected chi connectivity index (χ3v) is 6.98. The molecule has 0 heterocycles. The molecular weight excluding hydrogens is 408 g/mol. The van der Waals surface area contributed by atoms with Crippen molar-refractivity contribution in [3.8, 4) is 0 Å². The maximum Gasteiger partial charge on any atom is 0.251 e. The van der Waals surface area contributed by atoms with Crippen LogP contribution in [0.5, 0.6) is 0 Å². The Kier molecular flexibility index (Phi) is 6.49. The first-order valence-electron chi connectivity index (χ1n) is 10.5. The van der Waals surface area contributed by atoms with Crippen LogP contribution in [0.3, 0.4) is 0 Å². The number of hydrogen-bond acceptors (Lipinski definition) is 3. The monoisotopic (exact) mass is 434 g/mol. The van der Waals surface area contributed by atoms with E-state index in [4.69, 9.17) is 0 Å². The van der Waals surface area contributed by atoms with Crippen LogP contribution in [0.2, 0.25) is 0 Å². The van der Waals surface area contributed by atoms with Crippen molar-refractivity contribution in [1.82, 2.24) is 10.0 Å². The van der Waals surface area contributed by atoms with Gasteiger partial charge in [0.25, 0.3) is 5.91 Å². The third-order valence-electron chi connectivity index (χ3n) is 5.45. The number of benzene rings is 3. The second-order valence-electron chi connectivity index (χ2n) is 7.84. The van der Waals surface area contributed by atoms with Gasteiger partial charge >= 0.3 is 0 Å². The Balaban J connectivity index is 1.38. The van der Waals surface area contributed by atoms with Crippen molar-refractivity contribution in [3.05, 3.63) is 102 Å². The zero-order valence-corrected chi connectivity index (χ0v) is 18.0. The smallest absolute Gasteiger partial charge is 0.251 e. The molecule has 4 rings (SSSR count). The predicted molar refractivity (Wildman–Crippen MR) is 121 cm³/mol. The molecule has 1 aliphatic carbocycles. The van der Waals surface area contributed by atoms with Crippen LogP contribution in [-0.2, 0) is 10.0 Å². The Morgan fingerprint density at radius 1 is 0.839 bits per heavy atom. The number of hydrogen-bond donors (Lipinski definition) is 2. The van der Waals surface area contributed by atoms with Crippen LogP contribution in [0.1, 0.15) is 46.7 Å². The number of carbonyl (C=O) groups is 1. The molecular formula is C25H26N2O3S. The molecule has 160 valence electrons. The number of rotatable bonds is 9. The lowest BCUT2D eigenvalue weighted by Crippen LogP contribution is -2.27. The Labute approximate surface area is 183 Å². The molecule has 1 aliphatic rings. The fourth-order valence-electron chi connectivity index (χ4n) is 3.60. The van der Waals surface area contributed by atoms with Crippen LogP contribution in [0.25, 0.3) is 0 Å². The SMILES string of the molecule is O=C(NCCC(c1ccccc1)c1ccccc1)c1ccc(S(=O)(=O)NC2CC2)cc1. The molecule has 1 saturated carbocycles.